The molecule has 1 aromatic rings. The first kappa shape index (κ1) is 16.2. The maximum Gasteiger partial charge on any atom is 0.306 e. The van der Waals surface area contributed by atoms with Gasteiger partial charge in [-0.3, -0.25) is 4.79 Å². The number of nitrogens with one attached hydrogen (secondary N) is 1. The lowest BCUT2D eigenvalue weighted by atomic mass is 9.84. The zero-order valence-electron chi connectivity index (χ0n) is 11.7. The van der Waals surface area contributed by atoms with Crippen LogP contribution in [0.3, 0.4) is 0 Å². The number of carboxylic acid groups (broad SMARTS) is 1. The molecule has 0 saturated heterocycles. The summed E-state index contributed by atoms with van der Waals surface area (Å²) in [7, 11) is 0. The zero-order chi connectivity index (χ0) is 14.5. The van der Waals surface area contributed by atoms with Crippen molar-refractivity contribution in [1.82, 2.24) is 5.32 Å². The van der Waals surface area contributed by atoms with E-state index in [4.69, 9.17) is 5.11 Å². The summed E-state index contributed by atoms with van der Waals surface area (Å²) in [4.78, 5) is 10.7. The van der Waals surface area contributed by atoms with Gasteiger partial charge in [0.15, 0.2) is 0 Å². The SMILES string of the molecule is CC(CCNCC(C)(C)c1ccccc1Br)C(=O)O. The second-order valence-electron chi connectivity index (χ2n) is 5.57. The Hall–Kier alpha value is -0.870. The van der Waals surface area contributed by atoms with Crippen LogP contribution < -0.4 is 5.32 Å². The topological polar surface area (TPSA) is 49.3 Å². The molecule has 1 unspecified atom stereocenters. The number of halogens is 1. The second kappa shape index (κ2) is 7.06. The minimum absolute atomic E-state index is 0.00650. The normalized spacial score (nSPS) is 13.3. The highest BCUT2D eigenvalue weighted by molar-refractivity contribution is 9.10. The molecule has 1 atom stereocenters. The van der Waals surface area contributed by atoms with Gasteiger partial charge in [-0.2, -0.15) is 0 Å². The monoisotopic (exact) mass is 327 g/mol. The van der Waals surface area contributed by atoms with E-state index < -0.39 is 5.97 Å². The molecule has 19 heavy (non-hydrogen) atoms. The largest absolute Gasteiger partial charge is 0.481 e. The number of rotatable bonds is 7. The Balaban J connectivity index is 2.48. The van der Waals surface area contributed by atoms with Crippen LogP contribution in [-0.2, 0) is 10.2 Å². The van der Waals surface area contributed by atoms with Crippen LogP contribution in [0, 0.1) is 5.92 Å². The molecule has 0 aliphatic carbocycles. The van der Waals surface area contributed by atoms with Gasteiger partial charge in [-0.05, 0) is 24.6 Å². The Morgan fingerprint density at radius 1 is 1.42 bits per heavy atom. The summed E-state index contributed by atoms with van der Waals surface area (Å²) in [5.41, 5.74) is 1.26. The standard InChI is InChI=1S/C15H22BrNO2/c1-11(14(18)19)8-9-17-10-15(2,3)12-6-4-5-7-13(12)16/h4-7,11,17H,8-10H2,1-3H3,(H,18,19). The maximum absolute atomic E-state index is 10.7. The molecular formula is C15H22BrNO2. The molecule has 0 aliphatic rings. The van der Waals surface area contributed by atoms with E-state index in [0.717, 1.165) is 17.6 Å². The van der Waals surface area contributed by atoms with Gasteiger partial charge in [0.05, 0.1) is 5.92 Å². The summed E-state index contributed by atoms with van der Waals surface area (Å²) < 4.78 is 1.11. The molecule has 0 amide bonds. The fourth-order valence-electron chi connectivity index (χ4n) is 1.95. The first-order valence-corrected chi connectivity index (χ1v) is 7.32. The molecule has 0 fully saturated rings. The summed E-state index contributed by atoms with van der Waals surface area (Å²) in [5.74, 6) is -1.02. The minimum Gasteiger partial charge on any atom is -0.481 e. The van der Waals surface area contributed by atoms with E-state index >= 15 is 0 Å². The molecule has 4 heteroatoms. The third-order valence-electron chi connectivity index (χ3n) is 3.35. The van der Waals surface area contributed by atoms with Gasteiger partial charge < -0.3 is 10.4 Å². The smallest absolute Gasteiger partial charge is 0.306 e. The van der Waals surface area contributed by atoms with Crippen LogP contribution in [0.5, 0.6) is 0 Å². The first-order valence-electron chi connectivity index (χ1n) is 6.53. The van der Waals surface area contributed by atoms with Crippen molar-refractivity contribution in [2.45, 2.75) is 32.6 Å². The molecule has 0 aromatic heterocycles. The Bertz CT molecular complexity index is 432. The molecule has 0 radical (unpaired) electrons. The summed E-state index contributed by atoms with van der Waals surface area (Å²) in [6.45, 7) is 7.65. The summed E-state index contributed by atoms with van der Waals surface area (Å²) >= 11 is 3.58. The molecule has 0 bridgehead atoms. The molecule has 0 saturated carbocycles. The van der Waals surface area contributed by atoms with Gasteiger partial charge in [0.2, 0.25) is 0 Å². The van der Waals surface area contributed by atoms with Crippen LogP contribution in [0.4, 0.5) is 0 Å². The van der Waals surface area contributed by atoms with Gasteiger partial charge in [0, 0.05) is 16.4 Å². The van der Waals surface area contributed by atoms with Crippen molar-refractivity contribution in [3.05, 3.63) is 34.3 Å². The van der Waals surface area contributed by atoms with E-state index in [1.54, 1.807) is 6.92 Å². The fourth-order valence-corrected chi connectivity index (χ4v) is 2.77. The zero-order valence-corrected chi connectivity index (χ0v) is 13.3. The van der Waals surface area contributed by atoms with Gasteiger partial charge in [0.1, 0.15) is 0 Å². The van der Waals surface area contributed by atoms with Gasteiger partial charge in [-0.25, -0.2) is 0 Å². The molecule has 3 nitrogen and oxygen atoms in total. The number of carboxylic acids is 1. The molecule has 0 aliphatic heterocycles. The quantitative estimate of drug-likeness (QED) is 0.754. The molecule has 1 rings (SSSR count). The highest BCUT2D eigenvalue weighted by atomic mass is 79.9. The van der Waals surface area contributed by atoms with Gasteiger partial charge in [-0.15, -0.1) is 0 Å². The highest BCUT2D eigenvalue weighted by Crippen LogP contribution is 2.29. The van der Waals surface area contributed by atoms with E-state index in [1.165, 1.54) is 5.56 Å². The molecule has 0 heterocycles. The summed E-state index contributed by atoms with van der Waals surface area (Å²) in [6.07, 6.45) is 0.654. The van der Waals surface area contributed by atoms with Crippen molar-refractivity contribution in [2.24, 2.45) is 5.92 Å². The van der Waals surface area contributed by atoms with Crippen LogP contribution in [0.15, 0.2) is 28.7 Å². The third kappa shape index (κ3) is 4.96. The van der Waals surface area contributed by atoms with Crippen LogP contribution in [0.1, 0.15) is 32.8 Å². The predicted molar refractivity (Wildman–Crippen MR) is 81.5 cm³/mol. The van der Waals surface area contributed by atoms with Gasteiger partial charge in [-0.1, -0.05) is 54.9 Å². The second-order valence-corrected chi connectivity index (χ2v) is 6.42. The Morgan fingerprint density at radius 2 is 2.05 bits per heavy atom. The van der Waals surface area contributed by atoms with E-state index in [0.29, 0.717) is 6.42 Å². The van der Waals surface area contributed by atoms with Crippen LogP contribution in [-0.4, -0.2) is 24.2 Å². The van der Waals surface area contributed by atoms with E-state index in [-0.39, 0.29) is 11.3 Å². The first-order chi connectivity index (χ1) is 8.84. The number of benzene rings is 1. The Labute approximate surface area is 123 Å². The molecular weight excluding hydrogens is 306 g/mol. The van der Waals surface area contributed by atoms with Crippen molar-refractivity contribution in [1.29, 1.82) is 0 Å². The maximum atomic E-state index is 10.7. The predicted octanol–water partition coefficient (Wildman–Crippen LogP) is 3.43. The average Bonchev–Trinajstić information content (AvgIpc) is 2.34. The van der Waals surface area contributed by atoms with E-state index in [1.807, 2.05) is 18.2 Å². The van der Waals surface area contributed by atoms with E-state index in [2.05, 4.69) is 41.2 Å². The Morgan fingerprint density at radius 3 is 2.63 bits per heavy atom. The number of aliphatic carboxylic acids is 1. The molecule has 1 aromatic carbocycles. The number of hydrogen-bond donors (Lipinski definition) is 2. The number of carbonyl (C=O) groups is 1. The van der Waals surface area contributed by atoms with Crippen molar-refractivity contribution < 1.29 is 9.90 Å². The van der Waals surface area contributed by atoms with Crippen LogP contribution in [0.25, 0.3) is 0 Å². The molecule has 2 N–H and O–H groups in total. The lowest BCUT2D eigenvalue weighted by Gasteiger charge is -2.27. The van der Waals surface area contributed by atoms with Crippen LogP contribution >= 0.6 is 15.9 Å². The van der Waals surface area contributed by atoms with Crippen molar-refractivity contribution in [2.75, 3.05) is 13.1 Å². The van der Waals surface area contributed by atoms with Crippen LogP contribution in [0.2, 0.25) is 0 Å². The average molecular weight is 328 g/mol. The molecule has 0 spiro atoms. The fraction of sp³-hybridized carbons (Fsp3) is 0.533. The molecule has 106 valence electrons. The third-order valence-corrected chi connectivity index (χ3v) is 4.04. The van der Waals surface area contributed by atoms with Crippen molar-refractivity contribution >= 4 is 21.9 Å². The lowest BCUT2D eigenvalue weighted by Crippen LogP contribution is -2.34. The van der Waals surface area contributed by atoms with Crippen molar-refractivity contribution in [3.63, 3.8) is 0 Å². The van der Waals surface area contributed by atoms with Gasteiger partial charge in [0.25, 0.3) is 0 Å². The highest BCUT2D eigenvalue weighted by Gasteiger charge is 2.22. The summed E-state index contributed by atoms with van der Waals surface area (Å²) in [5, 5.41) is 12.2. The van der Waals surface area contributed by atoms with Gasteiger partial charge >= 0.3 is 5.97 Å². The minimum atomic E-state index is -0.730. The van der Waals surface area contributed by atoms with Crippen molar-refractivity contribution in [3.8, 4) is 0 Å². The lowest BCUT2D eigenvalue weighted by molar-refractivity contribution is -0.141. The van der Waals surface area contributed by atoms with E-state index in [9.17, 15) is 4.79 Å². The number of hydrogen-bond acceptors (Lipinski definition) is 2. The Kier molecular flexibility index (Phi) is 6.01. The summed E-state index contributed by atoms with van der Waals surface area (Å²) in [6, 6.07) is 8.20.